The molecule has 0 atom stereocenters. The molecule has 2 aromatic heterocycles. The Balaban J connectivity index is 1.95. The van der Waals surface area contributed by atoms with Crippen molar-refractivity contribution < 1.29 is 9.47 Å². The summed E-state index contributed by atoms with van der Waals surface area (Å²) in [6.45, 7) is 0. The second-order valence-electron chi connectivity index (χ2n) is 5.74. The number of benzene rings is 2. The van der Waals surface area contributed by atoms with E-state index in [9.17, 15) is 4.79 Å². The molecule has 4 rings (SSSR count). The lowest BCUT2D eigenvalue weighted by molar-refractivity contribution is 0.355. The highest BCUT2D eigenvalue weighted by Crippen LogP contribution is 2.34. The summed E-state index contributed by atoms with van der Waals surface area (Å²) in [5.41, 5.74) is 2.78. The third kappa shape index (κ3) is 2.52. The first kappa shape index (κ1) is 16.0. The summed E-state index contributed by atoms with van der Waals surface area (Å²) in [5.74, 6) is 1.24. The largest absolute Gasteiger partial charge is 0.493 e. The minimum absolute atomic E-state index is 0.149. The monoisotopic (exact) mass is 347 g/mol. The van der Waals surface area contributed by atoms with Crippen LogP contribution in [0.3, 0.4) is 0 Å². The second kappa shape index (κ2) is 6.40. The summed E-state index contributed by atoms with van der Waals surface area (Å²) in [5, 5.41) is 3.61. The standard InChI is InChI=1S/C20H17N3O3/c1-25-16-9-8-13(12-17(16)26-2)15-10-11-21-19-18(15)20(24)23(22-19)14-6-4-3-5-7-14/h3-12H,1-2H3,(H,21,22). The van der Waals surface area contributed by atoms with Gasteiger partial charge in [0.15, 0.2) is 17.1 Å². The van der Waals surface area contributed by atoms with Gasteiger partial charge in [-0.15, -0.1) is 0 Å². The van der Waals surface area contributed by atoms with E-state index in [-0.39, 0.29) is 5.56 Å². The van der Waals surface area contributed by atoms with Gasteiger partial charge in [0.2, 0.25) is 0 Å². The van der Waals surface area contributed by atoms with Crippen molar-refractivity contribution in [3.63, 3.8) is 0 Å². The molecule has 4 aromatic rings. The van der Waals surface area contributed by atoms with Crippen LogP contribution in [0.2, 0.25) is 0 Å². The van der Waals surface area contributed by atoms with Gasteiger partial charge in [0, 0.05) is 6.20 Å². The highest BCUT2D eigenvalue weighted by molar-refractivity contribution is 5.92. The fourth-order valence-electron chi connectivity index (χ4n) is 3.03. The number of aromatic nitrogens is 3. The van der Waals surface area contributed by atoms with Crippen LogP contribution in [0.4, 0.5) is 0 Å². The molecule has 0 saturated carbocycles. The third-order valence-electron chi connectivity index (χ3n) is 4.29. The average Bonchev–Trinajstić information content (AvgIpc) is 3.05. The zero-order valence-electron chi connectivity index (χ0n) is 14.4. The molecule has 0 saturated heterocycles. The fraction of sp³-hybridized carbons (Fsp3) is 0.100. The van der Waals surface area contributed by atoms with Crippen LogP contribution in [-0.2, 0) is 0 Å². The average molecular weight is 347 g/mol. The SMILES string of the molecule is COc1ccc(-c2ccnc3[nH]n(-c4ccccc4)c(=O)c23)cc1OC. The number of hydrogen-bond acceptors (Lipinski definition) is 4. The third-order valence-corrected chi connectivity index (χ3v) is 4.29. The van der Waals surface area contributed by atoms with Crippen LogP contribution in [0.5, 0.6) is 11.5 Å². The molecule has 0 aliphatic heterocycles. The molecular formula is C20H17N3O3. The molecule has 0 spiro atoms. The zero-order chi connectivity index (χ0) is 18.1. The zero-order valence-corrected chi connectivity index (χ0v) is 14.4. The first-order valence-electron chi connectivity index (χ1n) is 8.10. The number of pyridine rings is 1. The first-order valence-corrected chi connectivity index (χ1v) is 8.10. The van der Waals surface area contributed by atoms with Gasteiger partial charge in [0.1, 0.15) is 0 Å². The number of H-pyrrole nitrogens is 1. The van der Waals surface area contributed by atoms with Gasteiger partial charge in [-0.2, -0.15) is 0 Å². The van der Waals surface area contributed by atoms with Crippen LogP contribution in [0.25, 0.3) is 27.8 Å². The Labute approximate surface area is 149 Å². The summed E-state index contributed by atoms with van der Waals surface area (Å²) in [7, 11) is 3.18. The molecule has 0 amide bonds. The molecular weight excluding hydrogens is 330 g/mol. The topological polar surface area (TPSA) is 69.1 Å². The molecule has 26 heavy (non-hydrogen) atoms. The van der Waals surface area contributed by atoms with Crippen LogP contribution in [0.15, 0.2) is 65.6 Å². The van der Waals surface area contributed by atoms with E-state index < -0.39 is 0 Å². The summed E-state index contributed by atoms with van der Waals surface area (Å²) in [4.78, 5) is 17.4. The number of nitrogens with zero attached hydrogens (tertiary/aromatic N) is 2. The normalized spacial score (nSPS) is 10.8. The Morgan fingerprint density at radius 2 is 1.73 bits per heavy atom. The van der Waals surface area contributed by atoms with Gasteiger partial charge >= 0.3 is 0 Å². The predicted molar refractivity (Wildman–Crippen MR) is 100 cm³/mol. The lowest BCUT2D eigenvalue weighted by Crippen LogP contribution is -2.14. The number of fused-ring (bicyclic) bond motifs is 1. The number of hydrogen-bond donors (Lipinski definition) is 1. The maximum absolute atomic E-state index is 13.0. The van der Waals surface area contributed by atoms with E-state index in [2.05, 4.69) is 10.1 Å². The highest BCUT2D eigenvalue weighted by Gasteiger charge is 2.15. The quantitative estimate of drug-likeness (QED) is 0.614. The van der Waals surface area contributed by atoms with Crippen LogP contribution >= 0.6 is 0 Å². The second-order valence-corrected chi connectivity index (χ2v) is 5.74. The number of rotatable bonds is 4. The number of nitrogens with one attached hydrogen (secondary N) is 1. The molecule has 0 aliphatic carbocycles. The van der Waals surface area contributed by atoms with Crippen LogP contribution in [-0.4, -0.2) is 29.0 Å². The van der Waals surface area contributed by atoms with Gasteiger partial charge in [-0.3, -0.25) is 9.89 Å². The number of aromatic amines is 1. The van der Waals surface area contributed by atoms with Crippen molar-refractivity contribution in [2.24, 2.45) is 0 Å². The Hall–Kier alpha value is -3.54. The Kier molecular flexibility index (Phi) is 3.93. The highest BCUT2D eigenvalue weighted by atomic mass is 16.5. The van der Waals surface area contributed by atoms with Gasteiger partial charge in [-0.25, -0.2) is 9.67 Å². The predicted octanol–water partition coefficient (Wildman–Crippen LogP) is 3.40. The van der Waals surface area contributed by atoms with Crippen LogP contribution in [0.1, 0.15) is 0 Å². The molecule has 0 aliphatic rings. The Morgan fingerprint density at radius 1 is 0.962 bits per heavy atom. The molecule has 2 heterocycles. The first-order chi connectivity index (χ1) is 12.7. The van der Waals surface area contributed by atoms with Crippen molar-refractivity contribution in [2.45, 2.75) is 0 Å². The van der Waals surface area contributed by atoms with E-state index in [4.69, 9.17) is 9.47 Å². The lowest BCUT2D eigenvalue weighted by Gasteiger charge is -2.09. The molecule has 0 bridgehead atoms. The molecule has 6 heteroatoms. The Morgan fingerprint density at radius 3 is 2.46 bits per heavy atom. The molecule has 6 nitrogen and oxygen atoms in total. The van der Waals surface area contributed by atoms with Crippen molar-refractivity contribution in [1.82, 2.24) is 14.8 Å². The summed E-state index contributed by atoms with van der Waals surface area (Å²) in [6.07, 6.45) is 1.68. The van der Waals surface area contributed by atoms with Gasteiger partial charge in [-0.05, 0) is 41.5 Å². The molecule has 0 radical (unpaired) electrons. The van der Waals surface area contributed by atoms with E-state index in [1.165, 1.54) is 4.68 Å². The number of ether oxygens (including phenoxy) is 2. The molecule has 130 valence electrons. The molecule has 1 N–H and O–H groups in total. The van der Waals surface area contributed by atoms with Gasteiger partial charge in [0.05, 0.1) is 25.3 Å². The summed E-state index contributed by atoms with van der Waals surface area (Å²) < 4.78 is 12.2. The lowest BCUT2D eigenvalue weighted by atomic mass is 10.0. The van der Waals surface area contributed by atoms with Gasteiger partial charge in [-0.1, -0.05) is 24.3 Å². The summed E-state index contributed by atoms with van der Waals surface area (Å²) in [6, 6.07) is 16.8. The van der Waals surface area contributed by atoms with Gasteiger partial charge < -0.3 is 9.47 Å². The van der Waals surface area contributed by atoms with E-state index in [0.29, 0.717) is 22.5 Å². The molecule has 0 unspecified atom stereocenters. The summed E-state index contributed by atoms with van der Waals surface area (Å²) >= 11 is 0. The molecule has 0 fully saturated rings. The van der Waals surface area contributed by atoms with Crippen molar-refractivity contribution in [1.29, 1.82) is 0 Å². The van der Waals surface area contributed by atoms with Crippen molar-refractivity contribution >= 4 is 11.0 Å². The van der Waals surface area contributed by atoms with Crippen molar-refractivity contribution in [3.05, 3.63) is 71.1 Å². The van der Waals surface area contributed by atoms with E-state index >= 15 is 0 Å². The van der Waals surface area contributed by atoms with Crippen molar-refractivity contribution in [3.8, 4) is 28.3 Å². The smallest absolute Gasteiger partial charge is 0.281 e. The van der Waals surface area contributed by atoms with Crippen molar-refractivity contribution in [2.75, 3.05) is 14.2 Å². The number of methoxy groups -OCH3 is 2. The minimum atomic E-state index is -0.149. The van der Waals surface area contributed by atoms with E-state index in [1.807, 2.05) is 54.6 Å². The fourth-order valence-corrected chi connectivity index (χ4v) is 3.03. The number of para-hydroxylation sites is 1. The maximum atomic E-state index is 13.0. The van der Waals surface area contributed by atoms with Crippen LogP contribution in [0, 0.1) is 0 Å². The minimum Gasteiger partial charge on any atom is -0.493 e. The maximum Gasteiger partial charge on any atom is 0.281 e. The molecule has 2 aromatic carbocycles. The Bertz CT molecular complexity index is 1130. The van der Waals surface area contributed by atoms with Gasteiger partial charge in [0.25, 0.3) is 5.56 Å². The van der Waals surface area contributed by atoms with E-state index in [0.717, 1.165) is 16.8 Å². The van der Waals surface area contributed by atoms with E-state index in [1.54, 1.807) is 20.4 Å². The van der Waals surface area contributed by atoms with Crippen LogP contribution < -0.4 is 15.0 Å².